The lowest BCUT2D eigenvalue weighted by molar-refractivity contribution is -0.0795. The van der Waals surface area contributed by atoms with Crippen LogP contribution < -0.4 is 5.73 Å². The highest BCUT2D eigenvalue weighted by Crippen LogP contribution is 2.38. The number of unbranched alkanes of at least 4 members (excludes halogenated alkanes) is 3. The molecule has 0 radical (unpaired) electrons. The molecule has 0 saturated carbocycles. The highest BCUT2D eigenvalue weighted by Gasteiger charge is 2.48. The molecule has 9 heteroatoms. The molecule has 1 fully saturated rings. The molecule has 3 heterocycles. The predicted octanol–water partition coefficient (Wildman–Crippen LogP) is 3.33. The summed E-state index contributed by atoms with van der Waals surface area (Å²) in [5.41, 5.74) is 7.28. The summed E-state index contributed by atoms with van der Waals surface area (Å²) in [6.07, 6.45) is 8.27. The van der Waals surface area contributed by atoms with Crippen LogP contribution in [0.5, 0.6) is 0 Å². The number of hydrogen-bond acceptors (Lipinski definition) is 8. The van der Waals surface area contributed by atoms with Crippen molar-refractivity contribution in [2.75, 3.05) is 32.2 Å². The molecule has 174 valence electrons. The summed E-state index contributed by atoms with van der Waals surface area (Å²) >= 11 is 0. The van der Waals surface area contributed by atoms with E-state index in [1.165, 1.54) is 6.33 Å². The molecule has 0 aliphatic carbocycles. The maximum atomic E-state index is 6.48. The Balaban J connectivity index is 1.85. The van der Waals surface area contributed by atoms with Gasteiger partial charge in [-0.1, -0.05) is 40.0 Å². The number of nitrogens with two attached hydrogens (primary N) is 1. The van der Waals surface area contributed by atoms with E-state index >= 15 is 0 Å². The maximum absolute atomic E-state index is 6.48. The molecule has 0 spiro atoms. The standard InChI is InChI=1S/C22H37N5O4/c1-4-7-10-28-14-17-19(29-11-8-5-2)20(30-12-9-6-3)18(31-17)16-13-24-22-21(23)25-15-26-27(16)22/h13,15,17-20H,4-12,14H2,1-3H3,(H2,23,25,26)/t17-,18+,19-,20+/m1/s1. The number of rotatable bonds is 14. The summed E-state index contributed by atoms with van der Waals surface area (Å²) in [5.74, 6) is 0.331. The minimum atomic E-state index is -0.382. The molecule has 1 aliphatic heterocycles. The fourth-order valence-electron chi connectivity index (χ4n) is 3.70. The number of anilines is 1. The molecule has 0 bridgehead atoms. The molecule has 2 aromatic rings. The lowest BCUT2D eigenvalue weighted by Gasteiger charge is -2.25. The van der Waals surface area contributed by atoms with Crippen LogP contribution in [0.2, 0.25) is 0 Å². The number of imidazole rings is 1. The normalized spacial score (nSPS) is 23.7. The first-order chi connectivity index (χ1) is 15.2. The molecule has 2 aromatic heterocycles. The zero-order chi connectivity index (χ0) is 22.1. The van der Waals surface area contributed by atoms with Gasteiger partial charge < -0.3 is 24.7 Å². The number of aromatic nitrogens is 4. The first kappa shape index (κ1) is 23.8. The van der Waals surface area contributed by atoms with Crippen LogP contribution in [0.3, 0.4) is 0 Å². The molecule has 2 N–H and O–H groups in total. The van der Waals surface area contributed by atoms with Crippen LogP contribution in [0, 0.1) is 0 Å². The molecular formula is C22H37N5O4. The van der Waals surface area contributed by atoms with Crippen molar-refractivity contribution in [2.45, 2.75) is 83.7 Å². The van der Waals surface area contributed by atoms with Gasteiger partial charge in [-0.05, 0) is 19.3 Å². The maximum Gasteiger partial charge on any atom is 0.196 e. The molecular weight excluding hydrogens is 398 g/mol. The van der Waals surface area contributed by atoms with Gasteiger partial charge in [0.1, 0.15) is 30.7 Å². The van der Waals surface area contributed by atoms with Gasteiger partial charge in [0.15, 0.2) is 11.5 Å². The number of hydrogen-bond donors (Lipinski definition) is 1. The number of ether oxygens (including phenoxy) is 4. The van der Waals surface area contributed by atoms with Crippen LogP contribution in [0.25, 0.3) is 5.65 Å². The number of nitrogen functional groups attached to an aromatic ring is 1. The van der Waals surface area contributed by atoms with Gasteiger partial charge in [-0.3, -0.25) is 0 Å². The van der Waals surface area contributed by atoms with Crippen molar-refractivity contribution >= 4 is 11.5 Å². The molecule has 31 heavy (non-hydrogen) atoms. The topological polar surface area (TPSA) is 106 Å². The number of nitrogens with zero attached hydrogens (tertiary/aromatic N) is 4. The van der Waals surface area contributed by atoms with Crippen molar-refractivity contribution in [2.24, 2.45) is 0 Å². The zero-order valence-electron chi connectivity index (χ0n) is 19.0. The van der Waals surface area contributed by atoms with Crippen LogP contribution in [-0.2, 0) is 18.9 Å². The van der Waals surface area contributed by atoms with Crippen molar-refractivity contribution in [1.82, 2.24) is 19.6 Å². The van der Waals surface area contributed by atoms with Crippen LogP contribution in [0.1, 0.15) is 71.1 Å². The van der Waals surface area contributed by atoms with Gasteiger partial charge in [-0.2, -0.15) is 5.10 Å². The Kier molecular flexibility index (Phi) is 9.45. The van der Waals surface area contributed by atoms with Crippen molar-refractivity contribution in [3.63, 3.8) is 0 Å². The van der Waals surface area contributed by atoms with Crippen LogP contribution in [0.4, 0.5) is 5.82 Å². The fraction of sp³-hybridized carbons (Fsp3) is 0.773. The van der Waals surface area contributed by atoms with Gasteiger partial charge in [-0.15, -0.1) is 0 Å². The van der Waals surface area contributed by atoms with E-state index in [-0.39, 0.29) is 24.4 Å². The van der Waals surface area contributed by atoms with E-state index in [0.29, 0.717) is 37.9 Å². The average molecular weight is 436 g/mol. The van der Waals surface area contributed by atoms with Gasteiger partial charge in [0.25, 0.3) is 0 Å². The summed E-state index contributed by atoms with van der Waals surface area (Å²) in [6, 6.07) is 0. The molecule has 3 rings (SSSR count). The summed E-state index contributed by atoms with van der Waals surface area (Å²) < 4.78 is 26.7. The van der Waals surface area contributed by atoms with Gasteiger partial charge in [0, 0.05) is 19.8 Å². The summed E-state index contributed by atoms with van der Waals surface area (Å²) in [5, 5.41) is 4.34. The highest BCUT2D eigenvalue weighted by atomic mass is 16.6. The second kappa shape index (κ2) is 12.3. The van der Waals surface area contributed by atoms with Crippen LogP contribution in [0.15, 0.2) is 12.5 Å². The van der Waals surface area contributed by atoms with E-state index in [4.69, 9.17) is 24.7 Å². The SMILES string of the molecule is CCCCOC[C@H]1O[C@@H](c2cnc3c(N)ncnn23)[C@H](OCCCC)[C@@H]1OCCCC. The molecule has 1 aliphatic rings. The Hall–Kier alpha value is -1.81. The predicted molar refractivity (Wildman–Crippen MR) is 118 cm³/mol. The van der Waals surface area contributed by atoms with E-state index in [9.17, 15) is 0 Å². The zero-order valence-corrected chi connectivity index (χ0v) is 19.0. The molecule has 0 unspecified atom stereocenters. The molecule has 0 aromatic carbocycles. The lowest BCUT2D eigenvalue weighted by Crippen LogP contribution is -2.38. The van der Waals surface area contributed by atoms with Crippen LogP contribution in [-0.4, -0.2) is 64.3 Å². The fourth-order valence-corrected chi connectivity index (χ4v) is 3.70. The minimum Gasteiger partial charge on any atom is -0.381 e. The van der Waals surface area contributed by atoms with Gasteiger partial charge in [0.05, 0.1) is 18.5 Å². The molecule has 1 saturated heterocycles. The van der Waals surface area contributed by atoms with Gasteiger partial charge in [-0.25, -0.2) is 14.5 Å². The Morgan fingerprint density at radius 3 is 2.35 bits per heavy atom. The largest absolute Gasteiger partial charge is 0.381 e. The van der Waals surface area contributed by atoms with Crippen molar-refractivity contribution in [3.8, 4) is 0 Å². The summed E-state index contributed by atoms with van der Waals surface area (Å²) in [7, 11) is 0. The quantitative estimate of drug-likeness (QED) is 0.450. The lowest BCUT2D eigenvalue weighted by atomic mass is 10.1. The Bertz CT molecular complexity index is 786. The van der Waals surface area contributed by atoms with E-state index in [1.807, 2.05) is 0 Å². The third-order valence-corrected chi connectivity index (χ3v) is 5.50. The van der Waals surface area contributed by atoms with E-state index in [1.54, 1.807) is 10.7 Å². The van der Waals surface area contributed by atoms with Gasteiger partial charge in [0.2, 0.25) is 0 Å². The second-order valence-corrected chi connectivity index (χ2v) is 7.97. The number of fused-ring (bicyclic) bond motifs is 1. The van der Waals surface area contributed by atoms with Crippen molar-refractivity contribution in [3.05, 3.63) is 18.2 Å². The van der Waals surface area contributed by atoms with Gasteiger partial charge >= 0.3 is 0 Å². The average Bonchev–Trinajstić information content (AvgIpc) is 3.34. The van der Waals surface area contributed by atoms with Crippen molar-refractivity contribution in [1.29, 1.82) is 0 Å². The molecule has 4 atom stereocenters. The van der Waals surface area contributed by atoms with E-state index in [2.05, 4.69) is 35.8 Å². The first-order valence-electron chi connectivity index (χ1n) is 11.6. The molecule has 9 nitrogen and oxygen atoms in total. The third-order valence-electron chi connectivity index (χ3n) is 5.50. The van der Waals surface area contributed by atoms with Crippen LogP contribution >= 0.6 is 0 Å². The Labute approximate surface area is 184 Å². The monoisotopic (exact) mass is 435 g/mol. The van der Waals surface area contributed by atoms with E-state index < -0.39 is 0 Å². The van der Waals surface area contributed by atoms with E-state index in [0.717, 1.165) is 44.2 Å². The first-order valence-corrected chi connectivity index (χ1v) is 11.6. The highest BCUT2D eigenvalue weighted by molar-refractivity contribution is 5.58. The Morgan fingerprint density at radius 2 is 1.65 bits per heavy atom. The van der Waals surface area contributed by atoms with Crippen molar-refractivity contribution < 1.29 is 18.9 Å². The smallest absolute Gasteiger partial charge is 0.196 e. The molecule has 0 amide bonds. The summed E-state index contributed by atoms with van der Waals surface area (Å²) in [6.45, 7) is 8.94. The Morgan fingerprint density at radius 1 is 0.968 bits per heavy atom. The third kappa shape index (κ3) is 5.91. The summed E-state index contributed by atoms with van der Waals surface area (Å²) in [4.78, 5) is 8.44. The minimum absolute atomic E-state index is 0.222. The second-order valence-electron chi connectivity index (χ2n) is 7.97.